The van der Waals surface area contributed by atoms with Crippen LogP contribution in [-0.4, -0.2) is 22.8 Å². The molecule has 1 aromatic heterocycles. The first kappa shape index (κ1) is 9.58. The molecule has 0 aliphatic heterocycles. The Morgan fingerprint density at radius 3 is 2.87 bits per heavy atom. The molecule has 1 heterocycles. The summed E-state index contributed by atoms with van der Waals surface area (Å²) < 4.78 is 6.44. The fourth-order valence-electron chi connectivity index (χ4n) is 1.58. The summed E-state index contributed by atoms with van der Waals surface area (Å²) in [5.41, 5.74) is 1.07. The molecule has 0 saturated heterocycles. The smallest absolute Gasteiger partial charge is 0.341 e. The number of methoxy groups -OCH3 is 1. The van der Waals surface area contributed by atoms with Gasteiger partial charge in [-0.05, 0) is 12.1 Å². The highest BCUT2D eigenvalue weighted by molar-refractivity contribution is 5.97. The number of rotatable bonds is 1. The number of fused-ring (bicyclic) bond motifs is 1. The minimum Gasteiger partial charge on any atom is -0.507 e. The maximum atomic E-state index is 11.3. The molecule has 4 heteroatoms. The van der Waals surface area contributed by atoms with E-state index in [0.717, 1.165) is 10.9 Å². The molecule has 0 amide bonds. The number of phenolic OH excluding ortho intramolecular Hbond substituents is 1. The monoisotopic (exact) mass is 205 g/mol. The summed E-state index contributed by atoms with van der Waals surface area (Å²) in [5, 5.41) is 10.5. The van der Waals surface area contributed by atoms with E-state index in [9.17, 15) is 9.90 Å². The fourth-order valence-corrected chi connectivity index (χ4v) is 1.58. The molecule has 0 unspecified atom stereocenters. The van der Waals surface area contributed by atoms with Gasteiger partial charge in [-0.15, -0.1) is 0 Å². The quantitative estimate of drug-likeness (QED) is 0.720. The van der Waals surface area contributed by atoms with Gasteiger partial charge in [0, 0.05) is 24.7 Å². The van der Waals surface area contributed by atoms with Crippen LogP contribution < -0.4 is 0 Å². The number of hydrogen-bond acceptors (Lipinski definition) is 3. The summed E-state index contributed by atoms with van der Waals surface area (Å²) in [4.78, 5) is 11.3. The van der Waals surface area contributed by atoms with Gasteiger partial charge in [0.1, 0.15) is 11.3 Å². The highest BCUT2D eigenvalue weighted by atomic mass is 16.5. The normalized spacial score (nSPS) is 10.5. The Balaban J connectivity index is 2.68. The summed E-state index contributed by atoms with van der Waals surface area (Å²) in [6.07, 6.45) is 1.87. The molecule has 1 aromatic carbocycles. The van der Waals surface area contributed by atoms with Crippen LogP contribution >= 0.6 is 0 Å². The third-order valence-electron chi connectivity index (χ3n) is 2.41. The van der Waals surface area contributed by atoms with E-state index in [-0.39, 0.29) is 11.3 Å². The van der Waals surface area contributed by atoms with Crippen molar-refractivity contribution in [3.05, 3.63) is 30.0 Å². The van der Waals surface area contributed by atoms with E-state index >= 15 is 0 Å². The van der Waals surface area contributed by atoms with Crippen LogP contribution in [0.15, 0.2) is 24.4 Å². The Bertz CT molecular complexity index is 528. The van der Waals surface area contributed by atoms with Crippen molar-refractivity contribution >= 4 is 16.9 Å². The first-order chi connectivity index (χ1) is 7.13. The average molecular weight is 205 g/mol. The molecule has 0 atom stereocenters. The number of benzene rings is 1. The summed E-state index contributed by atoms with van der Waals surface area (Å²) >= 11 is 0. The highest BCUT2D eigenvalue weighted by Gasteiger charge is 2.13. The first-order valence-corrected chi connectivity index (χ1v) is 4.50. The molecular weight excluding hydrogens is 194 g/mol. The van der Waals surface area contributed by atoms with E-state index in [1.165, 1.54) is 7.11 Å². The molecule has 1 N–H and O–H groups in total. The summed E-state index contributed by atoms with van der Waals surface area (Å²) in [5.74, 6) is -0.589. The zero-order valence-corrected chi connectivity index (χ0v) is 8.52. The van der Waals surface area contributed by atoms with Gasteiger partial charge in [0.15, 0.2) is 0 Å². The lowest BCUT2D eigenvalue weighted by atomic mass is 10.1. The number of hydrogen-bond donors (Lipinski definition) is 1. The van der Waals surface area contributed by atoms with Crippen molar-refractivity contribution in [1.82, 2.24) is 4.57 Å². The van der Waals surface area contributed by atoms with E-state index in [1.807, 2.05) is 23.9 Å². The minimum atomic E-state index is -0.529. The molecular formula is C11H11NO3. The lowest BCUT2D eigenvalue weighted by Crippen LogP contribution is -2.01. The minimum absolute atomic E-state index is 0.0591. The van der Waals surface area contributed by atoms with Crippen molar-refractivity contribution in [2.45, 2.75) is 0 Å². The van der Waals surface area contributed by atoms with Gasteiger partial charge >= 0.3 is 5.97 Å². The van der Waals surface area contributed by atoms with E-state index < -0.39 is 5.97 Å². The molecule has 0 aliphatic carbocycles. The second kappa shape index (κ2) is 3.31. The van der Waals surface area contributed by atoms with Gasteiger partial charge in [0.25, 0.3) is 0 Å². The van der Waals surface area contributed by atoms with Gasteiger partial charge in [0.05, 0.1) is 12.6 Å². The molecule has 0 aliphatic rings. The highest BCUT2D eigenvalue weighted by Crippen LogP contribution is 2.25. The Kier molecular flexibility index (Phi) is 2.11. The Hall–Kier alpha value is -1.97. The van der Waals surface area contributed by atoms with Crippen LogP contribution in [-0.2, 0) is 11.8 Å². The lowest BCUT2D eigenvalue weighted by Gasteiger charge is -2.03. The number of phenols is 1. The summed E-state index contributed by atoms with van der Waals surface area (Å²) in [7, 11) is 3.16. The second-order valence-corrected chi connectivity index (χ2v) is 3.35. The number of esters is 1. The largest absolute Gasteiger partial charge is 0.507 e. The Morgan fingerprint density at radius 2 is 2.20 bits per heavy atom. The Labute approximate surface area is 86.7 Å². The predicted molar refractivity (Wildman–Crippen MR) is 55.9 cm³/mol. The Morgan fingerprint density at radius 1 is 1.47 bits per heavy atom. The molecule has 0 radical (unpaired) electrons. The van der Waals surface area contributed by atoms with Gasteiger partial charge in [-0.1, -0.05) is 0 Å². The van der Waals surface area contributed by atoms with Gasteiger partial charge in [0.2, 0.25) is 0 Å². The molecule has 0 bridgehead atoms. The van der Waals surface area contributed by atoms with Crippen molar-refractivity contribution < 1.29 is 14.6 Å². The van der Waals surface area contributed by atoms with E-state index in [1.54, 1.807) is 12.1 Å². The van der Waals surface area contributed by atoms with Gasteiger partial charge in [-0.2, -0.15) is 0 Å². The topological polar surface area (TPSA) is 51.5 Å². The number of aryl methyl sites for hydroxylation is 1. The van der Waals surface area contributed by atoms with Gasteiger partial charge in [-0.25, -0.2) is 4.79 Å². The lowest BCUT2D eigenvalue weighted by molar-refractivity contribution is 0.0597. The zero-order valence-electron chi connectivity index (χ0n) is 8.52. The van der Waals surface area contributed by atoms with Gasteiger partial charge < -0.3 is 14.4 Å². The van der Waals surface area contributed by atoms with Crippen LogP contribution in [0, 0.1) is 0 Å². The van der Waals surface area contributed by atoms with Crippen molar-refractivity contribution in [3.63, 3.8) is 0 Å². The standard InChI is InChI=1S/C11H11NO3/c1-12-4-3-7-5-8(11(14)15-2)10(13)6-9(7)12/h3-6,13H,1-2H3. The second-order valence-electron chi connectivity index (χ2n) is 3.35. The number of carbonyl (C=O) groups is 1. The predicted octanol–water partition coefficient (Wildman–Crippen LogP) is 1.67. The van der Waals surface area contributed by atoms with Crippen LogP contribution in [0.1, 0.15) is 10.4 Å². The van der Waals surface area contributed by atoms with Crippen molar-refractivity contribution in [3.8, 4) is 5.75 Å². The van der Waals surface area contributed by atoms with Crippen molar-refractivity contribution in [2.75, 3.05) is 7.11 Å². The molecule has 78 valence electrons. The summed E-state index contributed by atoms with van der Waals surface area (Å²) in [6.45, 7) is 0. The van der Waals surface area contributed by atoms with Crippen LogP contribution in [0.4, 0.5) is 0 Å². The third-order valence-corrected chi connectivity index (χ3v) is 2.41. The number of carbonyl (C=O) groups excluding carboxylic acids is 1. The van der Waals surface area contributed by atoms with Gasteiger partial charge in [-0.3, -0.25) is 0 Å². The van der Waals surface area contributed by atoms with Crippen LogP contribution in [0.5, 0.6) is 5.75 Å². The average Bonchev–Trinajstić information content (AvgIpc) is 2.58. The molecule has 2 rings (SSSR count). The molecule has 0 saturated carbocycles. The number of aromatic nitrogens is 1. The molecule has 4 nitrogen and oxygen atoms in total. The van der Waals surface area contributed by atoms with Crippen molar-refractivity contribution in [2.24, 2.45) is 7.05 Å². The fraction of sp³-hybridized carbons (Fsp3) is 0.182. The first-order valence-electron chi connectivity index (χ1n) is 4.50. The van der Waals surface area contributed by atoms with E-state index in [4.69, 9.17) is 0 Å². The molecule has 0 spiro atoms. The van der Waals surface area contributed by atoms with Crippen LogP contribution in [0.25, 0.3) is 10.9 Å². The van der Waals surface area contributed by atoms with Crippen LogP contribution in [0.2, 0.25) is 0 Å². The summed E-state index contributed by atoms with van der Waals surface area (Å²) in [6, 6.07) is 5.05. The van der Waals surface area contributed by atoms with E-state index in [2.05, 4.69) is 4.74 Å². The zero-order chi connectivity index (χ0) is 11.0. The number of aromatic hydroxyl groups is 1. The number of ether oxygens (including phenoxy) is 1. The number of nitrogens with zero attached hydrogens (tertiary/aromatic N) is 1. The van der Waals surface area contributed by atoms with Crippen molar-refractivity contribution in [1.29, 1.82) is 0 Å². The van der Waals surface area contributed by atoms with E-state index in [0.29, 0.717) is 0 Å². The maximum absolute atomic E-state index is 11.3. The molecule has 2 aromatic rings. The maximum Gasteiger partial charge on any atom is 0.341 e. The molecule has 0 fully saturated rings. The third kappa shape index (κ3) is 1.44. The molecule has 15 heavy (non-hydrogen) atoms. The van der Waals surface area contributed by atoms with Crippen LogP contribution in [0.3, 0.4) is 0 Å². The SMILES string of the molecule is COC(=O)c1cc2ccn(C)c2cc1O.